The summed E-state index contributed by atoms with van der Waals surface area (Å²) in [5, 5.41) is 0. The maximum Gasteiger partial charge on any atom is 0.222 e. The lowest BCUT2D eigenvalue weighted by Gasteiger charge is -2.29. The Morgan fingerprint density at radius 3 is 2.80 bits per heavy atom. The molecule has 20 heavy (non-hydrogen) atoms. The molecule has 1 amide bonds. The number of pyridine rings is 1. The van der Waals surface area contributed by atoms with Gasteiger partial charge in [-0.05, 0) is 30.2 Å². The predicted octanol–water partition coefficient (Wildman–Crippen LogP) is 2.84. The third-order valence-electron chi connectivity index (χ3n) is 4.32. The van der Waals surface area contributed by atoms with Crippen LogP contribution in [0.1, 0.15) is 45.6 Å². The zero-order valence-corrected chi connectivity index (χ0v) is 12.7. The van der Waals surface area contributed by atoms with Gasteiger partial charge in [-0.3, -0.25) is 4.79 Å². The summed E-state index contributed by atoms with van der Waals surface area (Å²) in [6, 6.07) is 3.81. The number of nitrogen functional groups attached to an aromatic ring is 1. The molecular formula is C16H25N3O. The topological polar surface area (TPSA) is 59.2 Å². The second kappa shape index (κ2) is 5.81. The van der Waals surface area contributed by atoms with Crippen molar-refractivity contribution in [3.8, 4) is 0 Å². The molecule has 2 rings (SSSR count). The van der Waals surface area contributed by atoms with Gasteiger partial charge in [-0.25, -0.2) is 4.98 Å². The molecule has 1 saturated heterocycles. The molecule has 1 unspecified atom stereocenters. The average molecular weight is 275 g/mol. The maximum atomic E-state index is 12.3. The van der Waals surface area contributed by atoms with Crippen LogP contribution in [0.15, 0.2) is 18.3 Å². The van der Waals surface area contributed by atoms with Crippen molar-refractivity contribution in [2.75, 3.05) is 12.3 Å². The number of amides is 1. The second-order valence-corrected chi connectivity index (χ2v) is 6.75. The van der Waals surface area contributed by atoms with E-state index >= 15 is 0 Å². The lowest BCUT2D eigenvalue weighted by Crippen LogP contribution is -2.30. The molecular weight excluding hydrogens is 250 g/mol. The highest BCUT2D eigenvalue weighted by Gasteiger charge is 2.30. The van der Waals surface area contributed by atoms with Crippen LogP contribution in [-0.4, -0.2) is 22.3 Å². The first-order valence-electron chi connectivity index (χ1n) is 7.35. The first-order valence-corrected chi connectivity index (χ1v) is 7.35. The van der Waals surface area contributed by atoms with Crippen LogP contribution in [0.2, 0.25) is 0 Å². The Balaban J connectivity index is 2.06. The van der Waals surface area contributed by atoms with Crippen molar-refractivity contribution >= 4 is 11.7 Å². The van der Waals surface area contributed by atoms with Crippen molar-refractivity contribution in [1.29, 1.82) is 0 Å². The first-order chi connectivity index (χ1) is 9.38. The van der Waals surface area contributed by atoms with Crippen LogP contribution in [0.25, 0.3) is 0 Å². The van der Waals surface area contributed by atoms with Crippen LogP contribution in [0.3, 0.4) is 0 Å². The largest absolute Gasteiger partial charge is 0.383 e. The van der Waals surface area contributed by atoms with E-state index in [-0.39, 0.29) is 11.3 Å². The Bertz CT molecular complexity index is 479. The number of likely N-dealkylation sites (tertiary alicyclic amines) is 1. The molecule has 1 aliphatic rings. The van der Waals surface area contributed by atoms with Crippen LogP contribution in [-0.2, 0) is 11.3 Å². The summed E-state index contributed by atoms with van der Waals surface area (Å²) in [4.78, 5) is 18.3. The lowest BCUT2D eigenvalue weighted by atomic mass is 9.77. The van der Waals surface area contributed by atoms with E-state index in [0.29, 0.717) is 24.7 Å². The van der Waals surface area contributed by atoms with Gasteiger partial charge in [0.1, 0.15) is 5.82 Å². The number of hydrogen-bond donors (Lipinski definition) is 1. The molecule has 2 heterocycles. The molecule has 4 nitrogen and oxygen atoms in total. The van der Waals surface area contributed by atoms with Crippen molar-refractivity contribution in [3.05, 3.63) is 23.9 Å². The van der Waals surface area contributed by atoms with Crippen LogP contribution >= 0.6 is 0 Å². The second-order valence-electron chi connectivity index (χ2n) is 6.75. The van der Waals surface area contributed by atoms with Crippen molar-refractivity contribution in [1.82, 2.24) is 9.88 Å². The van der Waals surface area contributed by atoms with Gasteiger partial charge >= 0.3 is 0 Å². The van der Waals surface area contributed by atoms with Gasteiger partial charge in [0.05, 0.1) is 0 Å². The number of carbonyl (C=O) groups excluding carboxylic acids is 1. The summed E-state index contributed by atoms with van der Waals surface area (Å²) in [5.74, 6) is 1.36. The van der Waals surface area contributed by atoms with E-state index in [0.717, 1.165) is 24.9 Å². The molecule has 2 N–H and O–H groups in total. The summed E-state index contributed by atoms with van der Waals surface area (Å²) in [5.41, 5.74) is 7.08. The minimum absolute atomic E-state index is 0.236. The number of anilines is 1. The summed E-state index contributed by atoms with van der Waals surface area (Å²) < 4.78 is 0. The van der Waals surface area contributed by atoms with Crippen LogP contribution in [0.5, 0.6) is 0 Å². The van der Waals surface area contributed by atoms with Gasteiger partial charge in [0.15, 0.2) is 0 Å². The highest BCUT2D eigenvalue weighted by molar-refractivity contribution is 5.76. The zero-order chi connectivity index (χ0) is 14.8. The third-order valence-corrected chi connectivity index (χ3v) is 4.32. The number of rotatable bonds is 2. The Kier molecular flexibility index (Phi) is 4.31. The highest BCUT2D eigenvalue weighted by Crippen LogP contribution is 2.34. The molecule has 4 heteroatoms. The zero-order valence-electron chi connectivity index (χ0n) is 12.7. The molecule has 0 radical (unpaired) electrons. The lowest BCUT2D eigenvalue weighted by molar-refractivity contribution is -0.131. The molecule has 1 fully saturated rings. The van der Waals surface area contributed by atoms with Gasteiger partial charge in [0, 0.05) is 31.3 Å². The van der Waals surface area contributed by atoms with Crippen molar-refractivity contribution in [2.24, 2.45) is 11.3 Å². The van der Waals surface area contributed by atoms with E-state index in [9.17, 15) is 4.79 Å². The standard InChI is InChI=1S/C16H25N3O/c1-16(2,3)13-6-7-14(20)19(10-8-13)11-12-5-4-9-18-15(12)17/h4-5,9,13H,6-8,10-11H2,1-3H3,(H2,17,18). The fourth-order valence-electron chi connectivity index (χ4n) is 2.86. The quantitative estimate of drug-likeness (QED) is 0.903. The number of nitrogens with two attached hydrogens (primary N) is 1. The van der Waals surface area contributed by atoms with Crippen LogP contribution < -0.4 is 5.73 Å². The smallest absolute Gasteiger partial charge is 0.222 e. The Morgan fingerprint density at radius 2 is 2.15 bits per heavy atom. The normalized spacial score (nSPS) is 20.9. The van der Waals surface area contributed by atoms with Crippen LogP contribution in [0.4, 0.5) is 5.82 Å². The molecule has 1 aromatic heterocycles. The van der Waals surface area contributed by atoms with Crippen molar-refractivity contribution in [2.45, 2.75) is 46.6 Å². The van der Waals surface area contributed by atoms with E-state index in [4.69, 9.17) is 5.73 Å². The van der Waals surface area contributed by atoms with Gasteiger partial charge in [0.2, 0.25) is 5.91 Å². The number of hydrogen-bond acceptors (Lipinski definition) is 3. The maximum absolute atomic E-state index is 12.3. The predicted molar refractivity (Wildman–Crippen MR) is 80.9 cm³/mol. The number of nitrogens with zero attached hydrogens (tertiary/aromatic N) is 2. The third kappa shape index (κ3) is 3.50. The molecule has 1 atom stereocenters. The van der Waals surface area contributed by atoms with Gasteiger partial charge in [-0.15, -0.1) is 0 Å². The number of carbonyl (C=O) groups is 1. The number of aromatic nitrogens is 1. The van der Waals surface area contributed by atoms with E-state index in [2.05, 4.69) is 25.8 Å². The van der Waals surface area contributed by atoms with Gasteiger partial charge in [0.25, 0.3) is 0 Å². The molecule has 0 aromatic carbocycles. The van der Waals surface area contributed by atoms with Gasteiger partial charge < -0.3 is 10.6 Å². The molecule has 0 spiro atoms. The van der Waals surface area contributed by atoms with E-state index < -0.39 is 0 Å². The Hall–Kier alpha value is -1.58. The molecule has 110 valence electrons. The first kappa shape index (κ1) is 14.8. The van der Waals surface area contributed by atoms with Gasteiger partial charge in [-0.1, -0.05) is 26.8 Å². The Morgan fingerprint density at radius 1 is 1.40 bits per heavy atom. The average Bonchev–Trinajstić information content (AvgIpc) is 2.55. The van der Waals surface area contributed by atoms with Crippen molar-refractivity contribution in [3.63, 3.8) is 0 Å². The minimum Gasteiger partial charge on any atom is -0.383 e. The molecule has 1 aliphatic heterocycles. The summed E-state index contributed by atoms with van der Waals surface area (Å²) in [7, 11) is 0. The minimum atomic E-state index is 0.236. The Labute approximate surface area is 121 Å². The SMILES string of the molecule is CC(C)(C)C1CCC(=O)N(Cc2cccnc2N)CC1. The summed E-state index contributed by atoms with van der Waals surface area (Å²) >= 11 is 0. The van der Waals surface area contributed by atoms with E-state index in [1.165, 1.54) is 0 Å². The van der Waals surface area contributed by atoms with Crippen LogP contribution in [0, 0.1) is 11.3 Å². The van der Waals surface area contributed by atoms with E-state index in [1.807, 2.05) is 17.0 Å². The fourth-order valence-corrected chi connectivity index (χ4v) is 2.86. The summed E-state index contributed by atoms with van der Waals surface area (Å²) in [6.45, 7) is 8.18. The molecule has 0 bridgehead atoms. The fraction of sp³-hybridized carbons (Fsp3) is 0.625. The van der Waals surface area contributed by atoms with E-state index in [1.54, 1.807) is 6.20 Å². The summed E-state index contributed by atoms with van der Waals surface area (Å²) in [6.07, 6.45) is 4.37. The van der Waals surface area contributed by atoms with Crippen molar-refractivity contribution < 1.29 is 4.79 Å². The highest BCUT2D eigenvalue weighted by atomic mass is 16.2. The molecule has 1 aromatic rings. The molecule has 0 saturated carbocycles. The molecule has 0 aliphatic carbocycles. The monoisotopic (exact) mass is 275 g/mol. The van der Waals surface area contributed by atoms with Gasteiger partial charge in [-0.2, -0.15) is 0 Å².